The number of fused-ring (bicyclic) bond motifs is 1. The fourth-order valence-electron chi connectivity index (χ4n) is 2.84. The van der Waals surface area contributed by atoms with Crippen LogP contribution in [0.1, 0.15) is 40.5 Å². The highest BCUT2D eigenvalue weighted by Gasteiger charge is 2.24. The van der Waals surface area contributed by atoms with Crippen molar-refractivity contribution in [3.8, 4) is 0 Å². The molecule has 0 aliphatic heterocycles. The first-order chi connectivity index (χ1) is 12.5. The van der Waals surface area contributed by atoms with Gasteiger partial charge in [-0.05, 0) is 45.0 Å². The molecule has 3 aromatic rings. The molecule has 6 heteroatoms. The van der Waals surface area contributed by atoms with E-state index in [1.165, 1.54) is 0 Å². The maximum Gasteiger partial charge on any atom is 0.290 e. The summed E-state index contributed by atoms with van der Waals surface area (Å²) >= 11 is 0. The predicted molar refractivity (Wildman–Crippen MR) is 102 cm³/mol. The number of nitrogens with one attached hydrogen (secondary N) is 1. The molecule has 2 aromatic heterocycles. The Kier molecular flexibility index (Phi) is 5.02. The summed E-state index contributed by atoms with van der Waals surface area (Å²) in [4.78, 5) is 31.6. The van der Waals surface area contributed by atoms with E-state index >= 15 is 0 Å². The number of hydrogen-bond donors (Lipinski definition) is 1. The van der Waals surface area contributed by atoms with E-state index in [1.807, 2.05) is 57.2 Å². The number of carbonyl (C=O) groups excluding carboxylic acids is 2. The lowest BCUT2D eigenvalue weighted by Crippen LogP contribution is -2.32. The van der Waals surface area contributed by atoms with Crippen molar-refractivity contribution >= 4 is 23.0 Å². The Balaban J connectivity index is 1.99. The Morgan fingerprint density at radius 2 is 1.77 bits per heavy atom. The second-order valence-electron chi connectivity index (χ2n) is 6.04. The zero-order valence-electron chi connectivity index (χ0n) is 15.2. The number of aromatic nitrogens is 2. The van der Waals surface area contributed by atoms with Gasteiger partial charge < -0.3 is 10.2 Å². The Bertz CT molecular complexity index is 940. The third-order valence-electron chi connectivity index (χ3n) is 4.31. The normalized spacial score (nSPS) is 10.7. The van der Waals surface area contributed by atoms with Gasteiger partial charge in [0.25, 0.3) is 11.8 Å². The number of nitrogens with zero attached hydrogens (tertiary/aromatic N) is 3. The highest BCUT2D eigenvalue weighted by Crippen LogP contribution is 2.17. The minimum absolute atomic E-state index is 0.189. The highest BCUT2D eigenvalue weighted by atomic mass is 16.2. The largest absolute Gasteiger partial charge is 0.337 e. The number of amides is 2. The van der Waals surface area contributed by atoms with Crippen LogP contribution in [0, 0.1) is 6.92 Å². The number of benzene rings is 1. The first kappa shape index (κ1) is 17.7. The standard InChI is InChI=1S/C20H22N4O2/c1-4-23(5-2)20(26)18-22-17(16-8-6-7-13-24(16)18)19(25)21-15-11-9-14(3)10-12-15/h6-13H,4-5H2,1-3H3,(H,21,25). The summed E-state index contributed by atoms with van der Waals surface area (Å²) in [5, 5.41) is 2.85. The lowest BCUT2D eigenvalue weighted by Gasteiger charge is -2.17. The molecule has 2 heterocycles. The fourth-order valence-corrected chi connectivity index (χ4v) is 2.84. The number of carbonyl (C=O) groups is 2. The topological polar surface area (TPSA) is 66.7 Å². The molecule has 0 fully saturated rings. The van der Waals surface area contributed by atoms with Crippen molar-refractivity contribution < 1.29 is 9.59 Å². The summed E-state index contributed by atoms with van der Waals surface area (Å²) < 4.78 is 1.67. The van der Waals surface area contributed by atoms with Gasteiger partial charge in [-0.3, -0.25) is 14.0 Å². The third kappa shape index (κ3) is 3.31. The molecule has 0 radical (unpaired) electrons. The first-order valence-electron chi connectivity index (χ1n) is 8.69. The van der Waals surface area contributed by atoms with E-state index in [9.17, 15) is 9.59 Å². The first-order valence-corrected chi connectivity index (χ1v) is 8.69. The molecular formula is C20H22N4O2. The Labute approximate surface area is 152 Å². The number of anilines is 1. The molecule has 2 amide bonds. The molecule has 0 aliphatic rings. The van der Waals surface area contributed by atoms with Gasteiger partial charge >= 0.3 is 0 Å². The number of aryl methyl sites for hydroxylation is 1. The van der Waals surface area contributed by atoms with Gasteiger partial charge in [-0.2, -0.15) is 0 Å². The van der Waals surface area contributed by atoms with Gasteiger partial charge in [0.15, 0.2) is 5.69 Å². The van der Waals surface area contributed by atoms with E-state index in [1.54, 1.807) is 21.6 Å². The lowest BCUT2D eigenvalue weighted by atomic mass is 10.2. The van der Waals surface area contributed by atoms with Crippen LogP contribution in [0.4, 0.5) is 5.69 Å². The molecule has 1 N–H and O–H groups in total. The summed E-state index contributed by atoms with van der Waals surface area (Å²) in [5.41, 5.74) is 2.64. The second-order valence-corrected chi connectivity index (χ2v) is 6.04. The summed E-state index contributed by atoms with van der Waals surface area (Å²) in [6, 6.07) is 13.0. The average Bonchev–Trinajstić information content (AvgIpc) is 3.04. The van der Waals surface area contributed by atoms with Crippen LogP contribution in [0.3, 0.4) is 0 Å². The highest BCUT2D eigenvalue weighted by molar-refractivity contribution is 6.08. The van der Waals surface area contributed by atoms with Gasteiger partial charge in [-0.15, -0.1) is 0 Å². The lowest BCUT2D eigenvalue weighted by molar-refractivity contribution is 0.0760. The molecule has 0 unspecified atom stereocenters. The molecule has 134 valence electrons. The zero-order chi connectivity index (χ0) is 18.7. The summed E-state index contributed by atoms with van der Waals surface area (Å²) in [6.07, 6.45) is 1.75. The number of pyridine rings is 1. The molecule has 0 saturated heterocycles. The van der Waals surface area contributed by atoms with Gasteiger partial charge in [0, 0.05) is 25.0 Å². The van der Waals surface area contributed by atoms with Crippen LogP contribution in [0.15, 0.2) is 48.7 Å². The number of rotatable bonds is 5. The van der Waals surface area contributed by atoms with Gasteiger partial charge in [-0.25, -0.2) is 4.98 Å². The van der Waals surface area contributed by atoms with Gasteiger partial charge in [0.1, 0.15) is 0 Å². The van der Waals surface area contributed by atoms with Crippen LogP contribution in [-0.4, -0.2) is 39.2 Å². The fraction of sp³-hybridized carbons (Fsp3) is 0.250. The summed E-state index contributed by atoms with van der Waals surface area (Å²) in [7, 11) is 0. The smallest absolute Gasteiger partial charge is 0.290 e. The molecule has 0 aliphatic carbocycles. The molecule has 6 nitrogen and oxygen atoms in total. The zero-order valence-corrected chi connectivity index (χ0v) is 15.2. The van der Waals surface area contributed by atoms with Crippen LogP contribution >= 0.6 is 0 Å². The van der Waals surface area contributed by atoms with Crippen molar-refractivity contribution in [1.82, 2.24) is 14.3 Å². The van der Waals surface area contributed by atoms with Crippen molar-refractivity contribution in [2.45, 2.75) is 20.8 Å². The van der Waals surface area contributed by atoms with Crippen LogP contribution < -0.4 is 5.32 Å². The van der Waals surface area contributed by atoms with Crippen LogP contribution in [-0.2, 0) is 0 Å². The average molecular weight is 350 g/mol. The van der Waals surface area contributed by atoms with Crippen molar-refractivity contribution in [3.63, 3.8) is 0 Å². The monoisotopic (exact) mass is 350 g/mol. The van der Waals surface area contributed by atoms with Crippen molar-refractivity contribution in [1.29, 1.82) is 0 Å². The number of imidazole rings is 1. The Morgan fingerprint density at radius 3 is 2.42 bits per heavy atom. The molecule has 3 rings (SSSR count). The molecule has 1 aromatic carbocycles. The van der Waals surface area contributed by atoms with E-state index < -0.39 is 0 Å². The van der Waals surface area contributed by atoms with Crippen LogP contribution in [0.5, 0.6) is 0 Å². The third-order valence-corrected chi connectivity index (χ3v) is 4.31. The predicted octanol–water partition coefficient (Wildman–Crippen LogP) is 3.38. The van der Waals surface area contributed by atoms with Crippen LogP contribution in [0.25, 0.3) is 5.52 Å². The maximum atomic E-state index is 12.8. The molecule has 0 saturated carbocycles. The Morgan fingerprint density at radius 1 is 1.08 bits per heavy atom. The van der Waals surface area contributed by atoms with E-state index in [0.717, 1.165) is 5.56 Å². The van der Waals surface area contributed by atoms with E-state index in [4.69, 9.17) is 0 Å². The van der Waals surface area contributed by atoms with Crippen molar-refractivity contribution in [3.05, 3.63) is 65.7 Å². The molecule has 0 atom stereocenters. The maximum absolute atomic E-state index is 12.8. The van der Waals surface area contributed by atoms with Gasteiger partial charge in [0.05, 0.1) is 5.52 Å². The van der Waals surface area contributed by atoms with E-state index in [0.29, 0.717) is 24.3 Å². The van der Waals surface area contributed by atoms with Crippen LogP contribution in [0.2, 0.25) is 0 Å². The molecule has 0 bridgehead atoms. The molecular weight excluding hydrogens is 328 g/mol. The van der Waals surface area contributed by atoms with E-state index in [2.05, 4.69) is 10.3 Å². The molecule has 0 spiro atoms. The number of hydrogen-bond acceptors (Lipinski definition) is 3. The SMILES string of the molecule is CCN(CC)C(=O)c1nc(C(=O)Nc2ccc(C)cc2)c2ccccn12. The quantitative estimate of drug-likeness (QED) is 0.767. The molecule has 26 heavy (non-hydrogen) atoms. The van der Waals surface area contributed by atoms with Gasteiger partial charge in [-0.1, -0.05) is 23.8 Å². The summed E-state index contributed by atoms with van der Waals surface area (Å²) in [6.45, 7) is 6.99. The van der Waals surface area contributed by atoms with Crippen molar-refractivity contribution in [2.75, 3.05) is 18.4 Å². The minimum Gasteiger partial charge on any atom is -0.337 e. The Hall–Kier alpha value is -3.15. The minimum atomic E-state index is -0.337. The van der Waals surface area contributed by atoms with Crippen molar-refractivity contribution in [2.24, 2.45) is 0 Å². The summed E-state index contributed by atoms with van der Waals surface area (Å²) in [5.74, 6) is -0.278. The second kappa shape index (κ2) is 7.39. The van der Waals surface area contributed by atoms with Gasteiger partial charge in [0.2, 0.25) is 5.82 Å². The van der Waals surface area contributed by atoms with E-state index in [-0.39, 0.29) is 23.3 Å².